The van der Waals surface area contributed by atoms with E-state index in [1.807, 2.05) is 44.2 Å². The number of primary amides is 1. The number of hydrogen-bond acceptors (Lipinski definition) is 4. The number of carbonyl (C=O) groups excluding carboxylic acids is 3. The van der Waals surface area contributed by atoms with Crippen LogP contribution in [-0.4, -0.2) is 23.0 Å². The molecule has 32 heavy (non-hydrogen) atoms. The molecule has 1 unspecified atom stereocenters. The maximum absolute atomic E-state index is 12.8. The molecule has 4 N–H and O–H groups in total. The molecule has 3 aromatic carbocycles. The van der Waals surface area contributed by atoms with Crippen molar-refractivity contribution >= 4 is 40.9 Å². The van der Waals surface area contributed by atoms with Crippen molar-refractivity contribution in [3.05, 3.63) is 89.5 Å². The van der Waals surface area contributed by atoms with Crippen LogP contribution in [0.4, 0.5) is 11.4 Å². The van der Waals surface area contributed by atoms with Gasteiger partial charge in [0, 0.05) is 16.1 Å². The summed E-state index contributed by atoms with van der Waals surface area (Å²) in [6, 6.07) is 21.4. The number of anilines is 2. The van der Waals surface area contributed by atoms with Crippen LogP contribution in [0.1, 0.15) is 39.6 Å². The molecule has 0 spiro atoms. The fourth-order valence-electron chi connectivity index (χ4n) is 3.06. The number of rotatable bonds is 8. The van der Waals surface area contributed by atoms with E-state index in [1.54, 1.807) is 42.5 Å². The molecule has 0 aromatic heterocycles. The minimum atomic E-state index is -0.598. The van der Waals surface area contributed by atoms with Crippen LogP contribution in [0.25, 0.3) is 0 Å². The van der Waals surface area contributed by atoms with Gasteiger partial charge in [-0.2, -0.15) is 0 Å². The van der Waals surface area contributed by atoms with Gasteiger partial charge in [-0.05, 0) is 55.8 Å². The van der Waals surface area contributed by atoms with Crippen molar-refractivity contribution in [2.24, 2.45) is 5.73 Å². The molecule has 0 aliphatic carbocycles. The van der Waals surface area contributed by atoms with E-state index in [2.05, 4.69) is 10.6 Å². The van der Waals surface area contributed by atoms with Gasteiger partial charge in [-0.15, -0.1) is 11.8 Å². The van der Waals surface area contributed by atoms with Gasteiger partial charge in [-0.1, -0.05) is 42.8 Å². The van der Waals surface area contributed by atoms with Crippen molar-refractivity contribution in [3.63, 3.8) is 0 Å². The van der Waals surface area contributed by atoms with E-state index in [9.17, 15) is 14.4 Å². The van der Waals surface area contributed by atoms with Crippen LogP contribution in [0.5, 0.6) is 0 Å². The van der Waals surface area contributed by atoms with E-state index < -0.39 is 5.91 Å². The quantitative estimate of drug-likeness (QED) is 0.429. The predicted molar refractivity (Wildman–Crippen MR) is 129 cm³/mol. The van der Waals surface area contributed by atoms with Crippen LogP contribution in [0.15, 0.2) is 77.7 Å². The van der Waals surface area contributed by atoms with Crippen molar-refractivity contribution in [1.29, 1.82) is 0 Å². The third kappa shape index (κ3) is 5.98. The smallest absolute Gasteiger partial charge is 0.255 e. The van der Waals surface area contributed by atoms with Crippen molar-refractivity contribution in [2.75, 3.05) is 10.6 Å². The topological polar surface area (TPSA) is 101 Å². The van der Waals surface area contributed by atoms with Crippen LogP contribution < -0.4 is 16.4 Å². The van der Waals surface area contributed by atoms with Gasteiger partial charge in [0.15, 0.2) is 0 Å². The second-order valence-corrected chi connectivity index (χ2v) is 8.54. The minimum absolute atomic E-state index is 0.194. The molecule has 0 radical (unpaired) electrons. The molecule has 0 heterocycles. The van der Waals surface area contributed by atoms with Crippen molar-refractivity contribution in [3.8, 4) is 0 Å². The van der Waals surface area contributed by atoms with E-state index in [0.717, 1.165) is 10.5 Å². The molecule has 0 saturated carbocycles. The lowest BCUT2D eigenvalue weighted by Crippen LogP contribution is -2.26. The molecular formula is C25H25N3O3S. The Kier molecular flexibility index (Phi) is 7.68. The first-order valence-electron chi connectivity index (χ1n) is 10.2. The fraction of sp³-hybridized carbons (Fsp3) is 0.160. The standard InChI is InChI=1S/C25H25N3O3S/c1-3-22(25(31)28-21-10-5-4-9-20(21)23(26)29)32-19-8-6-7-18(15-19)27-24(30)17-13-11-16(2)12-14-17/h4-15,22H,3H2,1-2H3,(H2,26,29)(H,27,30)(H,28,31). The number of nitrogens with two attached hydrogens (primary N) is 1. The molecule has 6 nitrogen and oxygen atoms in total. The third-order valence-corrected chi connectivity index (χ3v) is 6.16. The third-order valence-electron chi connectivity index (χ3n) is 4.80. The van der Waals surface area contributed by atoms with Gasteiger partial charge in [0.25, 0.3) is 11.8 Å². The minimum Gasteiger partial charge on any atom is -0.366 e. The summed E-state index contributed by atoms with van der Waals surface area (Å²) in [6.07, 6.45) is 0.579. The van der Waals surface area contributed by atoms with E-state index in [-0.39, 0.29) is 22.6 Å². The first-order valence-corrected chi connectivity index (χ1v) is 11.1. The zero-order valence-electron chi connectivity index (χ0n) is 17.9. The van der Waals surface area contributed by atoms with Crippen LogP contribution >= 0.6 is 11.8 Å². The van der Waals surface area contributed by atoms with Crippen molar-refractivity contribution < 1.29 is 14.4 Å². The van der Waals surface area contributed by atoms with Gasteiger partial charge in [-0.25, -0.2) is 0 Å². The molecule has 3 aromatic rings. The summed E-state index contributed by atoms with van der Waals surface area (Å²) in [4.78, 5) is 37.8. The zero-order valence-corrected chi connectivity index (χ0v) is 18.7. The van der Waals surface area contributed by atoms with Gasteiger partial charge in [0.2, 0.25) is 5.91 Å². The molecule has 0 fully saturated rings. The summed E-state index contributed by atoms with van der Waals surface area (Å²) in [7, 11) is 0. The molecule has 0 aliphatic rings. The van der Waals surface area contributed by atoms with Crippen molar-refractivity contribution in [1.82, 2.24) is 0 Å². The number of thioether (sulfide) groups is 1. The Morgan fingerprint density at radius 2 is 1.66 bits per heavy atom. The highest BCUT2D eigenvalue weighted by Crippen LogP contribution is 2.29. The monoisotopic (exact) mass is 447 g/mol. The number of benzene rings is 3. The fourth-order valence-corrected chi connectivity index (χ4v) is 4.08. The summed E-state index contributed by atoms with van der Waals surface area (Å²) < 4.78 is 0. The first-order chi connectivity index (χ1) is 15.4. The second kappa shape index (κ2) is 10.6. The lowest BCUT2D eigenvalue weighted by molar-refractivity contribution is -0.115. The number of nitrogens with one attached hydrogen (secondary N) is 2. The molecule has 0 saturated heterocycles. The van der Waals surface area contributed by atoms with E-state index in [0.29, 0.717) is 23.4 Å². The average Bonchev–Trinajstić information content (AvgIpc) is 2.78. The maximum Gasteiger partial charge on any atom is 0.255 e. The molecule has 1 atom stereocenters. The van der Waals surface area contributed by atoms with Gasteiger partial charge < -0.3 is 16.4 Å². The highest BCUT2D eigenvalue weighted by molar-refractivity contribution is 8.00. The summed E-state index contributed by atoms with van der Waals surface area (Å²) in [5, 5.41) is 5.31. The Balaban J connectivity index is 1.69. The average molecular weight is 448 g/mol. The van der Waals surface area contributed by atoms with Gasteiger partial charge in [-0.3, -0.25) is 14.4 Å². The molecule has 164 valence electrons. The number of hydrogen-bond donors (Lipinski definition) is 3. The first kappa shape index (κ1) is 23.1. The van der Waals surface area contributed by atoms with Crippen LogP contribution in [0.2, 0.25) is 0 Å². The van der Waals surface area contributed by atoms with E-state index in [1.165, 1.54) is 11.8 Å². The Morgan fingerprint density at radius 3 is 2.34 bits per heavy atom. The summed E-state index contributed by atoms with van der Waals surface area (Å²) in [6.45, 7) is 3.88. The SMILES string of the molecule is CCC(Sc1cccc(NC(=O)c2ccc(C)cc2)c1)C(=O)Nc1ccccc1C(N)=O. The second-order valence-electron chi connectivity index (χ2n) is 7.26. The number of aryl methyl sites for hydroxylation is 1. The van der Waals surface area contributed by atoms with Crippen LogP contribution in [0, 0.1) is 6.92 Å². The Bertz CT molecular complexity index is 1130. The Hall–Kier alpha value is -3.58. The highest BCUT2D eigenvalue weighted by atomic mass is 32.2. The highest BCUT2D eigenvalue weighted by Gasteiger charge is 2.20. The van der Waals surface area contributed by atoms with Crippen molar-refractivity contribution in [2.45, 2.75) is 30.4 Å². The largest absolute Gasteiger partial charge is 0.366 e. The maximum atomic E-state index is 12.8. The Morgan fingerprint density at radius 1 is 0.938 bits per heavy atom. The number of carbonyl (C=O) groups is 3. The van der Waals surface area contributed by atoms with Crippen LogP contribution in [0.3, 0.4) is 0 Å². The lowest BCUT2D eigenvalue weighted by Gasteiger charge is -2.16. The molecule has 0 aliphatic heterocycles. The summed E-state index contributed by atoms with van der Waals surface area (Å²) >= 11 is 1.39. The van der Waals surface area contributed by atoms with Gasteiger partial charge in [0.1, 0.15) is 0 Å². The normalized spacial score (nSPS) is 11.4. The van der Waals surface area contributed by atoms with E-state index in [4.69, 9.17) is 5.73 Å². The van der Waals surface area contributed by atoms with E-state index >= 15 is 0 Å². The molecular weight excluding hydrogens is 422 g/mol. The summed E-state index contributed by atoms with van der Waals surface area (Å²) in [5.41, 5.74) is 8.37. The zero-order chi connectivity index (χ0) is 23.1. The molecule has 3 amide bonds. The lowest BCUT2D eigenvalue weighted by atomic mass is 10.1. The predicted octanol–water partition coefficient (Wildman–Crippen LogP) is 4.86. The molecule has 3 rings (SSSR count). The number of amides is 3. The van der Waals surface area contributed by atoms with Crippen LogP contribution in [-0.2, 0) is 4.79 Å². The van der Waals surface area contributed by atoms with Gasteiger partial charge in [0.05, 0.1) is 16.5 Å². The molecule has 0 bridgehead atoms. The number of para-hydroxylation sites is 1. The summed E-state index contributed by atoms with van der Waals surface area (Å²) in [5.74, 6) is -1.01. The Labute approximate surface area is 191 Å². The molecule has 7 heteroatoms. The van der Waals surface area contributed by atoms with Gasteiger partial charge >= 0.3 is 0 Å².